The molecule has 0 aliphatic rings. The lowest BCUT2D eigenvalue weighted by molar-refractivity contribution is 0.190. The summed E-state index contributed by atoms with van der Waals surface area (Å²) in [4.78, 5) is -0.217. The van der Waals surface area contributed by atoms with E-state index < -0.39 is 28.4 Å². The molecule has 0 aliphatic heterocycles. The number of hydrogen-bond acceptors (Lipinski definition) is 4. The number of nitrogens with zero attached hydrogens (tertiary/aromatic N) is 2. The molecule has 0 saturated heterocycles. The maximum atomic E-state index is 12.2. The van der Waals surface area contributed by atoms with Crippen LogP contribution < -0.4 is 0 Å². The van der Waals surface area contributed by atoms with Gasteiger partial charge < -0.3 is 5.11 Å². The highest BCUT2D eigenvalue weighted by Crippen LogP contribution is 2.15. The Bertz CT molecular complexity index is 401. The van der Waals surface area contributed by atoms with Gasteiger partial charge in [0.15, 0.2) is 0 Å². The van der Waals surface area contributed by atoms with Crippen LogP contribution in [0.5, 0.6) is 0 Å². The fraction of sp³-hybridized carbons (Fsp3) is 0.500. The minimum absolute atomic E-state index is 0.217. The van der Waals surface area contributed by atoms with Gasteiger partial charge in [0.2, 0.25) is 0 Å². The van der Waals surface area contributed by atoms with Crippen molar-refractivity contribution in [3.05, 3.63) is 12.4 Å². The van der Waals surface area contributed by atoms with Crippen LogP contribution in [0.15, 0.2) is 17.3 Å². The predicted molar refractivity (Wildman–Crippen MR) is 47.4 cm³/mol. The van der Waals surface area contributed by atoms with Crippen molar-refractivity contribution in [3.8, 4) is 0 Å². The summed E-state index contributed by atoms with van der Waals surface area (Å²) in [5, 5.41) is 12.3. The summed E-state index contributed by atoms with van der Waals surface area (Å²) < 4.78 is 34.9. The Morgan fingerprint density at radius 2 is 2.36 bits per heavy atom. The average Bonchev–Trinajstić information content (AvgIpc) is 2.54. The number of aliphatic hydroxyl groups is 1. The number of aliphatic hydroxyl groups excluding tert-OH is 1. The summed E-state index contributed by atoms with van der Waals surface area (Å²) in [6.45, 7) is -1.29. The minimum Gasteiger partial charge on any atom is -0.394 e. The third kappa shape index (κ3) is 2.43. The van der Waals surface area contributed by atoms with E-state index in [9.17, 15) is 12.8 Å². The molecule has 1 N–H and O–H groups in total. The lowest BCUT2D eigenvalue weighted by Gasteiger charge is -2.08. The van der Waals surface area contributed by atoms with Crippen LogP contribution in [-0.2, 0) is 9.05 Å². The molecule has 0 fully saturated rings. The van der Waals surface area contributed by atoms with E-state index in [2.05, 4.69) is 5.10 Å². The van der Waals surface area contributed by atoms with Crippen LogP contribution in [-0.4, -0.2) is 36.6 Å². The number of rotatable bonds is 4. The first-order valence-electron chi connectivity index (χ1n) is 3.64. The van der Waals surface area contributed by atoms with Gasteiger partial charge in [0.05, 0.1) is 12.8 Å². The molecule has 0 aliphatic carbocycles. The van der Waals surface area contributed by atoms with Crippen molar-refractivity contribution in [2.45, 2.75) is 10.9 Å². The van der Waals surface area contributed by atoms with E-state index in [1.54, 1.807) is 0 Å². The van der Waals surface area contributed by atoms with Gasteiger partial charge >= 0.3 is 0 Å². The van der Waals surface area contributed by atoms with Crippen LogP contribution in [0.4, 0.5) is 4.39 Å². The molecule has 1 atom stereocenters. The Balaban J connectivity index is 2.99. The second-order valence-corrected chi connectivity index (χ2v) is 5.15. The van der Waals surface area contributed by atoms with Gasteiger partial charge in [-0.1, -0.05) is 0 Å². The van der Waals surface area contributed by atoms with E-state index in [0.29, 0.717) is 0 Å². The number of halogens is 2. The predicted octanol–water partition coefficient (Wildman–Crippen LogP) is 0.314. The highest BCUT2D eigenvalue weighted by Gasteiger charge is 2.16. The molecule has 1 rings (SSSR count). The van der Waals surface area contributed by atoms with Gasteiger partial charge in [-0.15, -0.1) is 0 Å². The van der Waals surface area contributed by atoms with E-state index in [1.807, 2.05) is 0 Å². The fourth-order valence-corrected chi connectivity index (χ4v) is 1.50. The number of alkyl halides is 1. The Morgan fingerprint density at radius 3 is 2.71 bits per heavy atom. The van der Waals surface area contributed by atoms with Gasteiger partial charge in [0.1, 0.15) is 17.6 Å². The van der Waals surface area contributed by atoms with E-state index >= 15 is 0 Å². The van der Waals surface area contributed by atoms with Gasteiger partial charge in [-0.05, 0) is 0 Å². The summed E-state index contributed by atoms with van der Waals surface area (Å²) in [7, 11) is 1.18. The van der Waals surface area contributed by atoms with Gasteiger partial charge in [-0.3, -0.25) is 4.68 Å². The quantitative estimate of drug-likeness (QED) is 0.772. The van der Waals surface area contributed by atoms with Gasteiger partial charge in [-0.2, -0.15) is 5.10 Å². The monoisotopic (exact) mass is 242 g/mol. The molecular weight excluding hydrogens is 235 g/mol. The topological polar surface area (TPSA) is 72.2 Å². The van der Waals surface area contributed by atoms with E-state index in [0.717, 1.165) is 17.1 Å². The molecule has 0 spiro atoms. The molecule has 0 aromatic carbocycles. The largest absolute Gasteiger partial charge is 0.394 e. The zero-order valence-corrected chi connectivity index (χ0v) is 8.54. The van der Waals surface area contributed by atoms with Crippen molar-refractivity contribution in [2.24, 2.45) is 0 Å². The molecule has 5 nitrogen and oxygen atoms in total. The highest BCUT2D eigenvalue weighted by atomic mass is 35.7. The zero-order valence-electron chi connectivity index (χ0n) is 6.97. The molecule has 1 aromatic rings. The Labute approximate surface area is 84.5 Å². The lowest BCUT2D eigenvalue weighted by atomic mass is 10.4. The molecule has 8 heteroatoms. The van der Waals surface area contributed by atoms with Gasteiger partial charge in [-0.25, -0.2) is 12.8 Å². The summed E-state index contributed by atoms with van der Waals surface area (Å²) in [6.07, 6.45) is 2.07. The third-order valence-electron chi connectivity index (χ3n) is 1.62. The first-order valence-corrected chi connectivity index (χ1v) is 5.95. The normalized spacial score (nSPS) is 14.2. The summed E-state index contributed by atoms with van der Waals surface area (Å²) in [5.41, 5.74) is 0. The Hall–Kier alpha value is -0.660. The maximum Gasteiger partial charge on any atom is 0.264 e. The molecule has 1 heterocycles. The molecular formula is C6H8ClFN2O3S. The number of aromatic nitrogens is 2. The standard InChI is InChI=1S/C6H8ClFN2O3S/c7-14(12,13)6-2-9-10(3-6)5(1-8)4-11/h2-3,5,11H,1,4H2. The Morgan fingerprint density at radius 1 is 1.71 bits per heavy atom. The average molecular weight is 243 g/mol. The van der Waals surface area contributed by atoms with Crippen molar-refractivity contribution < 1.29 is 17.9 Å². The number of hydrogen-bond donors (Lipinski definition) is 1. The molecule has 0 radical (unpaired) electrons. The molecule has 1 aromatic heterocycles. The minimum atomic E-state index is -3.85. The molecule has 80 valence electrons. The fourth-order valence-electron chi connectivity index (χ4n) is 0.849. The van der Waals surface area contributed by atoms with Crippen LogP contribution in [0.3, 0.4) is 0 Å². The van der Waals surface area contributed by atoms with Crippen molar-refractivity contribution in [2.75, 3.05) is 13.3 Å². The second-order valence-electron chi connectivity index (χ2n) is 2.58. The van der Waals surface area contributed by atoms with Crippen LogP contribution in [0, 0.1) is 0 Å². The van der Waals surface area contributed by atoms with Crippen LogP contribution in [0.25, 0.3) is 0 Å². The van der Waals surface area contributed by atoms with E-state index in [4.69, 9.17) is 15.8 Å². The molecule has 14 heavy (non-hydrogen) atoms. The second kappa shape index (κ2) is 4.24. The van der Waals surface area contributed by atoms with E-state index in [-0.39, 0.29) is 4.90 Å². The summed E-state index contributed by atoms with van der Waals surface area (Å²) in [6, 6.07) is -0.873. The smallest absolute Gasteiger partial charge is 0.264 e. The van der Waals surface area contributed by atoms with Crippen molar-refractivity contribution in [1.82, 2.24) is 9.78 Å². The SMILES string of the molecule is O=S(=O)(Cl)c1cnn(C(CO)CF)c1. The van der Waals surface area contributed by atoms with E-state index in [1.165, 1.54) is 0 Å². The molecule has 0 amide bonds. The third-order valence-corrected chi connectivity index (χ3v) is 2.93. The van der Waals surface area contributed by atoms with Crippen LogP contribution in [0.2, 0.25) is 0 Å². The van der Waals surface area contributed by atoms with Crippen molar-refractivity contribution in [1.29, 1.82) is 0 Å². The van der Waals surface area contributed by atoms with Crippen LogP contribution >= 0.6 is 10.7 Å². The van der Waals surface area contributed by atoms with Crippen molar-refractivity contribution >= 4 is 19.7 Å². The molecule has 1 unspecified atom stereocenters. The van der Waals surface area contributed by atoms with Crippen LogP contribution in [0.1, 0.15) is 6.04 Å². The van der Waals surface area contributed by atoms with Gasteiger partial charge in [0, 0.05) is 16.9 Å². The first kappa shape index (κ1) is 11.4. The highest BCUT2D eigenvalue weighted by molar-refractivity contribution is 8.13. The lowest BCUT2D eigenvalue weighted by Crippen LogP contribution is -2.15. The Kier molecular flexibility index (Phi) is 3.46. The van der Waals surface area contributed by atoms with Gasteiger partial charge in [0.25, 0.3) is 9.05 Å². The molecule has 0 bridgehead atoms. The molecule has 0 saturated carbocycles. The summed E-state index contributed by atoms with van der Waals surface area (Å²) in [5.74, 6) is 0. The zero-order chi connectivity index (χ0) is 10.8. The summed E-state index contributed by atoms with van der Waals surface area (Å²) >= 11 is 0. The van der Waals surface area contributed by atoms with Crippen molar-refractivity contribution in [3.63, 3.8) is 0 Å². The maximum absolute atomic E-state index is 12.2. The first-order chi connectivity index (χ1) is 6.49.